The molecule has 3 aromatic rings. The molecule has 4 rings (SSSR count). The van der Waals surface area contributed by atoms with Crippen molar-refractivity contribution in [3.8, 4) is 11.5 Å². The summed E-state index contributed by atoms with van der Waals surface area (Å²) >= 11 is 0. The van der Waals surface area contributed by atoms with Crippen LogP contribution in [-0.2, 0) is 16.1 Å². The third kappa shape index (κ3) is 4.00. The minimum absolute atomic E-state index is 0.0446. The third-order valence-corrected chi connectivity index (χ3v) is 5.22. The molecular formula is C25H21NO6. The Morgan fingerprint density at radius 1 is 1.12 bits per heavy atom. The number of ketones is 1. The van der Waals surface area contributed by atoms with E-state index in [9.17, 15) is 19.8 Å². The van der Waals surface area contributed by atoms with Gasteiger partial charge in [0.05, 0.1) is 31.5 Å². The van der Waals surface area contributed by atoms with Gasteiger partial charge in [0.1, 0.15) is 5.76 Å². The van der Waals surface area contributed by atoms with Gasteiger partial charge < -0.3 is 24.3 Å². The fourth-order valence-electron chi connectivity index (χ4n) is 3.68. The van der Waals surface area contributed by atoms with Crippen LogP contribution in [0.3, 0.4) is 0 Å². The number of carbonyl (C=O) groups excluding carboxylic acids is 2. The van der Waals surface area contributed by atoms with Crippen molar-refractivity contribution in [1.29, 1.82) is 0 Å². The first-order valence-electron chi connectivity index (χ1n) is 9.90. The molecule has 1 aliphatic rings. The lowest BCUT2D eigenvalue weighted by Crippen LogP contribution is -2.30. The Kier molecular flexibility index (Phi) is 5.81. The number of phenolic OH excluding ortho intramolecular Hbond substituents is 1. The van der Waals surface area contributed by atoms with E-state index in [1.807, 2.05) is 30.3 Å². The van der Waals surface area contributed by atoms with E-state index in [1.165, 1.54) is 36.5 Å². The Morgan fingerprint density at radius 3 is 2.59 bits per heavy atom. The minimum atomic E-state index is -0.893. The number of hydrogen-bond donors (Lipinski definition) is 2. The predicted molar refractivity (Wildman–Crippen MR) is 117 cm³/mol. The lowest BCUT2D eigenvalue weighted by atomic mass is 9.95. The molecule has 0 fully saturated rings. The highest BCUT2D eigenvalue weighted by Crippen LogP contribution is 2.41. The number of ether oxygens (including phenoxy) is 1. The number of amides is 1. The monoisotopic (exact) mass is 431 g/mol. The van der Waals surface area contributed by atoms with E-state index in [1.54, 1.807) is 24.3 Å². The van der Waals surface area contributed by atoms with Crippen LogP contribution in [0, 0.1) is 0 Å². The van der Waals surface area contributed by atoms with Gasteiger partial charge >= 0.3 is 0 Å². The summed E-state index contributed by atoms with van der Waals surface area (Å²) in [6.07, 6.45) is 4.43. The van der Waals surface area contributed by atoms with Gasteiger partial charge in [0.2, 0.25) is 0 Å². The van der Waals surface area contributed by atoms with Gasteiger partial charge in [-0.1, -0.05) is 42.5 Å². The minimum Gasteiger partial charge on any atom is -0.504 e. The summed E-state index contributed by atoms with van der Waals surface area (Å²) < 4.78 is 10.6. The van der Waals surface area contributed by atoms with Crippen LogP contribution >= 0.6 is 0 Å². The fourth-order valence-corrected chi connectivity index (χ4v) is 3.68. The number of rotatable bonds is 7. The lowest BCUT2D eigenvalue weighted by molar-refractivity contribution is -0.130. The first-order valence-corrected chi connectivity index (χ1v) is 9.90. The number of nitrogens with zero attached hydrogens (tertiary/aromatic N) is 1. The number of benzene rings is 2. The number of carbonyl (C=O) groups is 2. The molecule has 1 unspecified atom stereocenters. The second-order valence-corrected chi connectivity index (χ2v) is 7.22. The van der Waals surface area contributed by atoms with Crippen LogP contribution in [0.5, 0.6) is 11.5 Å². The Balaban J connectivity index is 1.75. The van der Waals surface area contributed by atoms with E-state index in [2.05, 4.69) is 0 Å². The van der Waals surface area contributed by atoms with Crippen LogP contribution < -0.4 is 4.74 Å². The highest BCUT2D eigenvalue weighted by molar-refractivity contribution is 6.14. The van der Waals surface area contributed by atoms with Crippen molar-refractivity contribution in [2.24, 2.45) is 0 Å². The van der Waals surface area contributed by atoms with Crippen LogP contribution in [0.2, 0.25) is 0 Å². The average Bonchev–Trinajstić information content (AvgIpc) is 3.41. The lowest BCUT2D eigenvalue weighted by Gasteiger charge is -2.26. The van der Waals surface area contributed by atoms with Crippen molar-refractivity contribution in [1.82, 2.24) is 4.90 Å². The number of aliphatic hydroxyl groups excluding tert-OH is 1. The molecule has 0 aliphatic carbocycles. The van der Waals surface area contributed by atoms with E-state index in [0.717, 1.165) is 5.56 Å². The molecule has 0 spiro atoms. The molecule has 7 heteroatoms. The molecule has 2 N–H and O–H groups in total. The van der Waals surface area contributed by atoms with Crippen LogP contribution in [0.1, 0.15) is 22.9 Å². The highest BCUT2D eigenvalue weighted by Gasteiger charge is 2.43. The molecule has 32 heavy (non-hydrogen) atoms. The average molecular weight is 431 g/mol. The molecular weight excluding hydrogens is 410 g/mol. The number of aliphatic hydroxyl groups is 1. The molecule has 0 radical (unpaired) electrons. The van der Waals surface area contributed by atoms with Gasteiger partial charge in [0, 0.05) is 0 Å². The zero-order chi connectivity index (χ0) is 22.7. The van der Waals surface area contributed by atoms with Crippen LogP contribution in [0.25, 0.3) is 6.08 Å². The smallest absolute Gasteiger partial charge is 0.290 e. The maximum absolute atomic E-state index is 13.1. The molecule has 1 amide bonds. The van der Waals surface area contributed by atoms with Crippen molar-refractivity contribution in [3.63, 3.8) is 0 Å². The largest absolute Gasteiger partial charge is 0.504 e. The summed E-state index contributed by atoms with van der Waals surface area (Å²) in [7, 11) is 1.40. The molecule has 1 atom stereocenters. The fraction of sp³-hybridized carbons (Fsp3) is 0.120. The number of allylic oxidation sites excluding steroid dienone is 1. The number of aromatic hydroxyl groups is 1. The molecule has 2 aromatic carbocycles. The van der Waals surface area contributed by atoms with E-state index >= 15 is 0 Å². The van der Waals surface area contributed by atoms with Gasteiger partial charge in [-0.2, -0.15) is 0 Å². The predicted octanol–water partition coefficient (Wildman–Crippen LogP) is 4.17. The first kappa shape index (κ1) is 21.0. The number of furan rings is 1. The van der Waals surface area contributed by atoms with Crippen LogP contribution in [-0.4, -0.2) is 33.9 Å². The Labute approximate surface area is 184 Å². The summed E-state index contributed by atoms with van der Waals surface area (Å²) in [6.45, 7) is 0.0446. The SMILES string of the molecule is COc1cc(C2C(C(=O)/C=C/c3ccccc3)=C(O)C(=O)N2Cc2ccco2)ccc1O. The first-order chi connectivity index (χ1) is 15.5. The zero-order valence-corrected chi connectivity index (χ0v) is 17.3. The number of hydrogen-bond acceptors (Lipinski definition) is 6. The van der Waals surface area contributed by atoms with E-state index < -0.39 is 23.5 Å². The Hall–Kier alpha value is -4.26. The quantitative estimate of drug-likeness (QED) is 0.545. The topological polar surface area (TPSA) is 100 Å². The van der Waals surface area contributed by atoms with Crippen molar-refractivity contribution < 1.29 is 29.0 Å². The number of methoxy groups -OCH3 is 1. The van der Waals surface area contributed by atoms with Crippen molar-refractivity contribution in [3.05, 3.63) is 101 Å². The van der Waals surface area contributed by atoms with E-state index in [0.29, 0.717) is 11.3 Å². The normalized spacial score (nSPS) is 16.2. The summed E-state index contributed by atoms with van der Waals surface area (Å²) in [4.78, 5) is 27.4. The Bertz CT molecular complexity index is 1190. The van der Waals surface area contributed by atoms with Crippen molar-refractivity contribution in [2.75, 3.05) is 7.11 Å². The van der Waals surface area contributed by atoms with Gasteiger partial charge in [0.25, 0.3) is 5.91 Å². The molecule has 7 nitrogen and oxygen atoms in total. The second kappa shape index (κ2) is 8.85. The van der Waals surface area contributed by atoms with Crippen LogP contribution in [0.15, 0.2) is 88.8 Å². The van der Waals surface area contributed by atoms with E-state index in [-0.39, 0.29) is 23.6 Å². The van der Waals surface area contributed by atoms with Gasteiger partial charge in [0.15, 0.2) is 23.0 Å². The standard InChI is InChI=1S/C25H21NO6/c1-31-21-14-17(10-12-19(21)27)23-22(20(28)11-9-16-6-3-2-4-7-16)24(29)25(30)26(23)15-18-8-5-13-32-18/h2-14,23,27,29H,15H2,1H3/b11-9+. The summed E-state index contributed by atoms with van der Waals surface area (Å²) in [5, 5.41) is 20.6. The van der Waals surface area contributed by atoms with Gasteiger partial charge in [-0.3, -0.25) is 9.59 Å². The van der Waals surface area contributed by atoms with Crippen molar-refractivity contribution >= 4 is 17.8 Å². The van der Waals surface area contributed by atoms with Crippen LogP contribution in [0.4, 0.5) is 0 Å². The third-order valence-electron chi connectivity index (χ3n) is 5.22. The maximum atomic E-state index is 13.1. The number of phenols is 1. The maximum Gasteiger partial charge on any atom is 0.290 e. The summed E-state index contributed by atoms with van der Waals surface area (Å²) in [6, 6.07) is 16.3. The molecule has 0 bridgehead atoms. The second-order valence-electron chi connectivity index (χ2n) is 7.22. The molecule has 0 saturated carbocycles. The van der Waals surface area contributed by atoms with Crippen molar-refractivity contribution in [2.45, 2.75) is 12.6 Å². The van der Waals surface area contributed by atoms with Gasteiger partial charge in [-0.15, -0.1) is 0 Å². The molecule has 162 valence electrons. The molecule has 0 saturated heterocycles. The zero-order valence-electron chi connectivity index (χ0n) is 17.3. The molecule has 1 aromatic heterocycles. The van der Waals surface area contributed by atoms with Gasteiger partial charge in [-0.25, -0.2) is 0 Å². The highest BCUT2D eigenvalue weighted by atomic mass is 16.5. The summed E-state index contributed by atoms with van der Waals surface area (Å²) in [5.41, 5.74) is 1.25. The molecule has 1 aliphatic heterocycles. The van der Waals surface area contributed by atoms with Gasteiger partial charge in [-0.05, 0) is 41.5 Å². The molecule has 2 heterocycles. The van der Waals surface area contributed by atoms with E-state index in [4.69, 9.17) is 9.15 Å². The summed E-state index contributed by atoms with van der Waals surface area (Å²) in [5.74, 6) is -1.20. The Morgan fingerprint density at radius 2 is 1.91 bits per heavy atom.